The van der Waals surface area contributed by atoms with E-state index in [0.29, 0.717) is 9.34 Å². The van der Waals surface area contributed by atoms with Gasteiger partial charge in [-0.25, -0.2) is 9.59 Å². The average molecular weight is 585 g/mol. The molecule has 0 aliphatic heterocycles. The van der Waals surface area contributed by atoms with Crippen LogP contribution in [0.5, 0.6) is 0 Å². The van der Waals surface area contributed by atoms with Crippen molar-refractivity contribution in [1.82, 2.24) is 0 Å². The van der Waals surface area contributed by atoms with Crippen LogP contribution in [0.15, 0.2) is 78.2 Å². The minimum absolute atomic E-state index is 0.424. The lowest BCUT2D eigenvalue weighted by Gasteiger charge is -2.19. The molecule has 0 aliphatic carbocycles. The predicted octanol–water partition coefficient (Wildman–Crippen LogP) is 10.2. The highest BCUT2D eigenvalue weighted by Gasteiger charge is 2.20. The molecule has 0 saturated heterocycles. The van der Waals surface area contributed by atoms with Gasteiger partial charge in [-0.05, 0) is 70.2 Å². The molecule has 0 bridgehead atoms. The predicted molar refractivity (Wildman–Crippen MR) is 164 cm³/mol. The van der Waals surface area contributed by atoms with Crippen molar-refractivity contribution in [3.63, 3.8) is 0 Å². The smallest absolute Gasteiger partial charge is 0.412 e. The highest BCUT2D eigenvalue weighted by Crippen LogP contribution is 2.39. The molecule has 39 heavy (non-hydrogen) atoms. The van der Waals surface area contributed by atoms with E-state index in [2.05, 4.69) is 10.6 Å². The fourth-order valence-electron chi connectivity index (χ4n) is 3.33. The van der Waals surface area contributed by atoms with Gasteiger partial charge in [-0.1, -0.05) is 72.3 Å². The summed E-state index contributed by atoms with van der Waals surface area (Å²) >= 11 is 8.86. The topological polar surface area (TPSA) is 76.7 Å². The molecule has 0 saturated carbocycles. The number of amides is 2. The monoisotopic (exact) mass is 584 g/mol. The van der Waals surface area contributed by atoms with Gasteiger partial charge in [0.1, 0.15) is 21.2 Å². The zero-order chi connectivity index (χ0) is 28.6. The molecule has 0 spiro atoms. The van der Waals surface area contributed by atoms with E-state index in [1.54, 1.807) is 0 Å². The number of halogens is 1. The van der Waals surface area contributed by atoms with Gasteiger partial charge >= 0.3 is 12.2 Å². The molecule has 0 atom stereocenters. The normalized spacial score (nSPS) is 11.2. The number of thiophene rings is 2. The fraction of sp³-hybridized carbons (Fsp3) is 0.267. The summed E-state index contributed by atoms with van der Waals surface area (Å²) in [5.74, 6) is 0. The minimum Gasteiger partial charge on any atom is -0.444 e. The van der Waals surface area contributed by atoms with E-state index in [0.717, 1.165) is 27.3 Å². The molecule has 0 radical (unpaired) electrons. The van der Waals surface area contributed by atoms with Crippen LogP contribution in [0.1, 0.15) is 41.5 Å². The summed E-state index contributed by atoms with van der Waals surface area (Å²) < 4.78 is 11.1. The largest absolute Gasteiger partial charge is 0.444 e. The van der Waals surface area contributed by atoms with E-state index < -0.39 is 23.4 Å². The minimum atomic E-state index is -0.530. The molecule has 2 N–H and O–H groups in total. The van der Waals surface area contributed by atoms with Gasteiger partial charge in [-0.3, -0.25) is 10.6 Å². The standard InChI is InChI=1S/C15H16ClNO2S.C15H17NO2S/c1-15(2,3)19-14(18)17-13-11(9-12(16)20-13)10-7-5-4-6-8-10;1-15(2,3)18-14(17)16-13-12(9-10-19-13)11-7-5-4-6-8-11/h4-9H,1-3H3,(H,17,18);4-10H,1-3H3,(H,16,17). The number of carbonyl (C=O) groups excluding carboxylic acids is 2. The maximum Gasteiger partial charge on any atom is 0.412 e. The number of hydrogen-bond acceptors (Lipinski definition) is 6. The molecule has 2 aromatic carbocycles. The summed E-state index contributed by atoms with van der Waals surface area (Å²) in [7, 11) is 0. The molecule has 6 nitrogen and oxygen atoms in total. The first kappa shape index (κ1) is 30.2. The van der Waals surface area contributed by atoms with Crippen molar-refractivity contribution in [2.75, 3.05) is 10.6 Å². The van der Waals surface area contributed by atoms with E-state index in [1.807, 2.05) is 120 Å². The average Bonchev–Trinajstić information content (AvgIpc) is 3.44. The van der Waals surface area contributed by atoms with Gasteiger partial charge in [-0.2, -0.15) is 0 Å². The van der Waals surface area contributed by atoms with Crippen molar-refractivity contribution in [2.24, 2.45) is 0 Å². The van der Waals surface area contributed by atoms with Gasteiger partial charge in [0.2, 0.25) is 0 Å². The maximum absolute atomic E-state index is 11.9. The molecule has 2 heterocycles. The Morgan fingerprint density at radius 2 is 1.15 bits per heavy atom. The van der Waals surface area contributed by atoms with Crippen molar-refractivity contribution in [3.8, 4) is 22.3 Å². The van der Waals surface area contributed by atoms with Crippen LogP contribution in [0, 0.1) is 0 Å². The highest BCUT2D eigenvalue weighted by molar-refractivity contribution is 7.20. The van der Waals surface area contributed by atoms with Crippen LogP contribution in [0.3, 0.4) is 0 Å². The molecular weight excluding hydrogens is 552 g/mol. The molecule has 9 heteroatoms. The fourth-order valence-corrected chi connectivity index (χ4v) is 5.26. The maximum atomic E-state index is 11.9. The van der Waals surface area contributed by atoms with Crippen LogP contribution in [0.4, 0.5) is 19.6 Å². The summed E-state index contributed by atoms with van der Waals surface area (Å²) in [6, 6.07) is 23.6. The second-order valence-electron chi connectivity index (χ2n) is 10.4. The summed E-state index contributed by atoms with van der Waals surface area (Å²) in [6.07, 6.45) is -0.902. The second kappa shape index (κ2) is 13.2. The van der Waals surface area contributed by atoms with Crippen molar-refractivity contribution in [2.45, 2.75) is 52.7 Å². The summed E-state index contributed by atoms with van der Waals surface area (Å²) in [5, 5.41) is 9.01. The summed E-state index contributed by atoms with van der Waals surface area (Å²) in [5.41, 5.74) is 2.96. The van der Waals surface area contributed by atoms with Crippen molar-refractivity contribution >= 4 is 56.5 Å². The van der Waals surface area contributed by atoms with Crippen LogP contribution in [0.2, 0.25) is 4.34 Å². The summed E-state index contributed by atoms with van der Waals surface area (Å²) in [6.45, 7) is 11.0. The third-order valence-corrected chi connectivity index (χ3v) is 6.78. The number of nitrogens with one attached hydrogen (secondary N) is 2. The first-order valence-corrected chi connectivity index (χ1v) is 14.4. The zero-order valence-corrected chi connectivity index (χ0v) is 25.2. The quantitative estimate of drug-likeness (QED) is 0.250. The Bertz CT molecular complexity index is 1370. The Hall–Kier alpha value is -3.33. The van der Waals surface area contributed by atoms with Gasteiger partial charge < -0.3 is 9.47 Å². The molecule has 0 aliphatic rings. The molecule has 206 valence electrons. The van der Waals surface area contributed by atoms with E-state index in [-0.39, 0.29) is 0 Å². The second-order valence-corrected chi connectivity index (χ2v) is 13.0. The number of benzene rings is 2. The Balaban J connectivity index is 0.000000216. The number of hydrogen-bond donors (Lipinski definition) is 2. The Labute approximate surface area is 242 Å². The number of anilines is 2. The number of ether oxygens (including phenoxy) is 2. The van der Waals surface area contributed by atoms with Gasteiger partial charge in [0, 0.05) is 11.1 Å². The Kier molecular flexibility index (Phi) is 10.2. The van der Waals surface area contributed by atoms with Crippen LogP contribution < -0.4 is 10.6 Å². The lowest BCUT2D eigenvalue weighted by molar-refractivity contribution is 0.0625. The summed E-state index contributed by atoms with van der Waals surface area (Å²) in [4.78, 5) is 23.6. The third kappa shape index (κ3) is 10.1. The number of rotatable bonds is 4. The molecule has 2 amide bonds. The van der Waals surface area contributed by atoms with Gasteiger partial charge in [0.05, 0.1) is 4.34 Å². The lowest BCUT2D eigenvalue weighted by Crippen LogP contribution is -2.27. The molecule has 4 aromatic rings. The lowest BCUT2D eigenvalue weighted by atomic mass is 10.1. The zero-order valence-electron chi connectivity index (χ0n) is 22.8. The first-order chi connectivity index (χ1) is 18.3. The van der Waals surface area contributed by atoms with E-state index >= 15 is 0 Å². The van der Waals surface area contributed by atoms with Crippen molar-refractivity contribution < 1.29 is 19.1 Å². The van der Waals surface area contributed by atoms with Crippen molar-refractivity contribution in [3.05, 3.63) is 82.5 Å². The van der Waals surface area contributed by atoms with Crippen LogP contribution in [-0.4, -0.2) is 23.4 Å². The molecule has 2 aromatic heterocycles. The first-order valence-electron chi connectivity index (χ1n) is 12.3. The third-order valence-electron chi connectivity index (χ3n) is 4.77. The Morgan fingerprint density at radius 3 is 1.64 bits per heavy atom. The molecular formula is C30H33ClN2O4S2. The molecule has 4 rings (SSSR count). The van der Waals surface area contributed by atoms with Gasteiger partial charge in [0.25, 0.3) is 0 Å². The van der Waals surface area contributed by atoms with Crippen molar-refractivity contribution in [1.29, 1.82) is 0 Å². The van der Waals surface area contributed by atoms with Crippen LogP contribution in [0.25, 0.3) is 22.3 Å². The van der Waals surface area contributed by atoms with Gasteiger partial charge in [0.15, 0.2) is 0 Å². The van der Waals surface area contributed by atoms with Crippen LogP contribution in [-0.2, 0) is 9.47 Å². The Morgan fingerprint density at radius 1 is 0.692 bits per heavy atom. The van der Waals surface area contributed by atoms with Gasteiger partial charge in [-0.15, -0.1) is 22.7 Å². The van der Waals surface area contributed by atoms with E-state index in [4.69, 9.17) is 21.1 Å². The molecule has 0 fully saturated rings. The highest BCUT2D eigenvalue weighted by atomic mass is 35.5. The number of carbonyl (C=O) groups is 2. The van der Waals surface area contributed by atoms with E-state index in [1.165, 1.54) is 22.7 Å². The SMILES string of the molecule is CC(C)(C)OC(=O)Nc1sc(Cl)cc1-c1ccccc1.CC(C)(C)OC(=O)Nc1sccc1-c1ccccc1. The van der Waals surface area contributed by atoms with Crippen LogP contribution >= 0.6 is 34.3 Å². The molecule has 0 unspecified atom stereocenters. The van der Waals surface area contributed by atoms with E-state index in [9.17, 15) is 9.59 Å².